The number of nitrogens with zero attached hydrogens (tertiary/aromatic N) is 3. The highest BCUT2D eigenvalue weighted by Gasteiger charge is 2.17. The molecule has 1 saturated heterocycles. The van der Waals surface area contributed by atoms with Gasteiger partial charge in [0.05, 0.1) is 5.02 Å². The zero-order chi connectivity index (χ0) is 13.1. The van der Waals surface area contributed by atoms with Crippen molar-refractivity contribution in [1.82, 2.24) is 4.98 Å². The van der Waals surface area contributed by atoms with E-state index in [4.69, 9.17) is 11.6 Å². The van der Waals surface area contributed by atoms with Crippen LogP contribution in [0.1, 0.15) is 0 Å². The first kappa shape index (κ1) is 12.3. The van der Waals surface area contributed by atoms with Crippen molar-refractivity contribution in [3.05, 3.63) is 53.7 Å². The smallest absolute Gasteiger partial charge is 0.128 e. The van der Waals surface area contributed by atoms with Crippen LogP contribution in [0.3, 0.4) is 0 Å². The van der Waals surface area contributed by atoms with Crippen molar-refractivity contribution in [3.63, 3.8) is 0 Å². The summed E-state index contributed by atoms with van der Waals surface area (Å²) in [6.45, 7) is 4.02. The summed E-state index contributed by atoms with van der Waals surface area (Å²) >= 11 is 5.86. The number of hydrogen-bond acceptors (Lipinski definition) is 3. The number of hydrogen-bond donors (Lipinski definition) is 0. The fourth-order valence-electron chi connectivity index (χ4n) is 2.39. The van der Waals surface area contributed by atoms with Crippen LogP contribution in [0.5, 0.6) is 0 Å². The van der Waals surface area contributed by atoms with Crippen LogP contribution in [0, 0.1) is 0 Å². The Kier molecular flexibility index (Phi) is 3.56. The molecule has 19 heavy (non-hydrogen) atoms. The van der Waals surface area contributed by atoms with E-state index in [1.54, 1.807) is 6.20 Å². The van der Waals surface area contributed by atoms with Crippen molar-refractivity contribution >= 4 is 23.1 Å². The van der Waals surface area contributed by atoms with Crippen LogP contribution in [0.25, 0.3) is 0 Å². The van der Waals surface area contributed by atoms with Gasteiger partial charge in [-0.2, -0.15) is 0 Å². The summed E-state index contributed by atoms with van der Waals surface area (Å²) in [5, 5.41) is 0.687. The summed E-state index contributed by atoms with van der Waals surface area (Å²) in [4.78, 5) is 9.09. The van der Waals surface area contributed by atoms with E-state index >= 15 is 0 Å². The molecule has 0 saturated carbocycles. The molecule has 0 unspecified atom stereocenters. The van der Waals surface area contributed by atoms with Crippen molar-refractivity contribution in [2.75, 3.05) is 36.0 Å². The SMILES string of the molecule is Clc1ccc(N2CCN(c3ccccc3)CC2)nc1. The van der Waals surface area contributed by atoms with E-state index in [-0.39, 0.29) is 0 Å². The fraction of sp³-hybridized carbons (Fsp3) is 0.267. The van der Waals surface area contributed by atoms with E-state index < -0.39 is 0 Å². The maximum Gasteiger partial charge on any atom is 0.128 e. The molecule has 98 valence electrons. The zero-order valence-corrected chi connectivity index (χ0v) is 11.4. The summed E-state index contributed by atoms with van der Waals surface area (Å²) in [5.74, 6) is 1.01. The summed E-state index contributed by atoms with van der Waals surface area (Å²) in [5.41, 5.74) is 1.30. The predicted molar refractivity (Wildman–Crippen MR) is 80.1 cm³/mol. The molecule has 0 radical (unpaired) electrons. The molecule has 2 aromatic rings. The molecular weight excluding hydrogens is 258 g/mol. The number of rotatable bonds is 2. The Balaban J connectivity index is 1.65. The Morgan fingerprint density at radius 3 is 2.16 bits per heavy atom. The second-order valence-corrected chi connectivity index (χ2v) is 5.08. The second kappa shape index (κ2) is 5.49. The highest BCUT2D eigenvalue weighted by atomic mass is 35.5. The number of halogens is 1. The molecule has 1 aliphatic rings. The standard InChI is InChI=1S/C15H16ClN3/c16-13-6-7-15(17-12-13)19-10-8-18(9-11-19)14-4-2-1-3-5-14/h1-7,12H,8-11H2. The van der Waals surface area contributed by atoms with Gasteiger partial charge in [0.1, 0.15) is 5.82 Å². The first-order valence-electron chi connectivity index (χ1n) is 6.49. The molecule has 0 bridgehead atoms. The van der Waals surface area contributed by atoms with Gasteiger partial charge in [0.15, 0.2) is 0 Å². The number of anilines is 2. The predicted octanol–water partition coefficient (Wildman–Crippen LogP) is 3.06. The number of piperazine rings is 1. The van der Waals surface area contributed by atoms with Gasteiger partial charge >= 0.3 is 0 Å². The molecule has 3 nitrogen and oxygen atoms in total. The van der Waals surface area contributed by atoms with Crippen LogP contribution in [0.4, 0.5) is 11.5 Å². The lowest BCUT2D eigenvalue weighted by Crippen LogP contribution is -2.46. The lowest BCUT2D eigenvalue weighted by Gasteiger charge is -2.36. The van der Waals surface area contributed by atoms with Gasteiger partial charge in [-0.1, -0.05) is 29.8 Å². The molecule has 0 amide bonds. The Bertz CT molecular complexity index is 519. The molecule has 0 aliphatic carbocycles. The van der Waals surface area contributed by atoms with Crippen LogP contribution >= 0.6 is 11.6 Å². The molecule has 0 atom stereocenters. The molecule has 3 rings (SSSR count). The zero-order valence-electron chi connectivity index (χ0n) is 10.7. The van der Waals surface area contributed by atoms with Crippen LogP contribution in [-0.2, 0) is 0 Å². The van der Waals surface area contributed by atoms with E-state index in [0.717, 1.165) is 32.0 Å². The third-order valence-electron chi connectivity index (χ3n) is 3.44. The third kappa shape index (κ3) is 2.82. The van der Waals surface area contributed by atoms with Gasteiger partial charge in [0.2, 0.25) is 0 Å². The fourth-order valence-corrected chi connectivity index (χ4v) is 2.50. The van der Waals surface area contributed by atoms with E-state index in [2.05, 4.69) is 45.1 Å². The molecule has 0 N–H and O–H groups in total. The average molecular weight is 274 g/mol. The lowest BCUT2D eigenvalue weighted by molar-refractivity contribution is 0.647. The molecule has 0 spiro atoms. The largest absolute Gasteiger partial charge is 0.368 e. The van der Waals surface area contributed by atoms with Crippen LogP contribution < -0.4 is 9.80 Å². The minimum atomic E-state index is 0.687. The van der Waals surface area contributed by atoms with Crippen molar-refractivity contribution < 1.29 is 0 Å². The van der Waals surface area contributed by atoms with E-state index in [0.29, 0.717) is 5.02 Å². The first-order valence-corrected chi connectivity index (χ1v) is 6.87. The maximum absolute atomic E-state index is 5.86. The van der Waals surface area contributed by atoms with Gasteiger partial charge in [0, 0.05) is 38.1 Å². The minimum absolute atomic E-state index is 0.687. The van der Waals surface area contributed by atoms with Gasteiger partial charge in [0.25, 0.3) is 0 Å². The highest BCUT2D eigenvalue weighted by Crippen LogP contribution is 2.19. The first-order chi connectivity index (χ1) is 9.33. The Hall–Kier alpha value is -1.74. The van der Waals surface area contributed by atoms with Crippen LogP contribution in [0.2, 0.25) is 5.02 Å². The summed E-state index contributed by atoms with van der Waals surface area (Å²) in [6.07, 6.45) is 1.71. The number of pyridine rings is 1. The van der Waals surface area contributed by atoms with Gasteiger partial charge < -0.3 is 9.80 Å². The normalized spacial score (nSPS) is 15.6. The maximum atomic E-state index is 5.86. The van der Waals surface area contributed by atoms with E-state index in [9.17, 15) is 0 Å². The quantitative estimate of drug-likeness (QED) is 0.838. The third-order valence-corrected chi connectivity index (χ3v) is 3.66. The topological polar surface area (TPSA) is 19.4 Å². The number of para-hydroxylation sites is 1. The molecule has 1 fully saturated rings. The van der Waals surface area contributed by atoms with E-state index in [1.165, 1.54) is 5.69 Å². The van der Waals surface area contributed by atoms with Crippen molar-refractivity contribution in [2.45, 2.75) is 0 Å². The summed E-state index contributed by atoms with van der Waals surface area (Å²) in [7, 11) is 0. The average Bonchev–Trinajstić information content (AvgIpc) is 2.49. The lowest BCUT2D eigenvalue weighted by atomic mass is 10.2. The van der Waals surface area contributed by atoms with Gasteiger partial charge in [-0.25, -0.2) is 4.98 Å². The highest BCUT2D eigenvalue weighted by molar-refractivity contribution is 6.30. The second-order valence-electron chi connectivity index (χ2n) is 4.64. The van der Waals surface area contributed by atoms with Crippen molar-refractivity contribution in [1.29, 1.82) is 0 Å². The monoisotopic (exact) mass is 273 g/mol. The molecule has 2 heterocycles. The number of benzene rings is 1. The Morgan fingerprint density at radius 1 is 0.842 bits per heavy atom. The molecule has 1 aliphatic heterocycles. The Labute approximate surface area is 118 Å². The van der Waals surface area contributed by atoms with Crippen molar-refractivity contribution in [2.24, 2.45) is 0 Å². The van der Waals surface area contributed by atoms with Crippen LogP contribution in [-0.4, -0.2) is 31.2 Å². The molecule has 1 aromatic carbocycles. The summed E-state index contributed by atoms with van der Waals surface area (Å²) < 4.78 is 0. The van der Waals surface area contributed by atoms with Gasteiger partial charge in [-0.15, -0.1) is 0 Å². The van der Waals surface area contributed by atoms with Crippen molar-refractivity contribution in [3.8, 4) is 0 Å². The van der Waals surface area contributed by atoms with Crippen LogP contribution in [0.15, 0.2) is 48.7 Å². The molecular formula is C15H16ClN3. The van der Waals surface area contributed by atoms with Gasteiger partial charge in [-0.05, 0) is 24.3 Å². The number of aromatic nitrogens is 1. The van der Waals surface area contributed by atoms with E-state index in [1.807, 2.05) is 12.1 Å². The van der Waals surface area contributed by atoms with Gasteiger partial charge in [-0.3, -0.25) is 0 Å². The summed E-state index contributed by atoms with van der Waals surface area (Å²) in [6, 6.07) is 14.4. The molecule has 1 aromatic heterocycles. The Morgan fingerprint density at radius 2 is 1.53 bits per heavy atom. The molecule has 4 heteroatoms. The minimum Gasteiger partial charge on any atom is -0.368 e.